The van der Waals surface area contributed by atoms with Crippen molar-refractivity contribution in [2.24, 2.45) is 5.92 Å². The molecule has 0 heterocycles. The van der Waals surface area contributed by atoms with Gasteiger partial charge in [-0.1, -0.05) is 19.8 Å². The van der Waals surface area contributed by atoms with Crippen molar-refractivity contribution in [3.63, 3.8) is 0 Å². The first-order valence-electron chi connectivity index (χ1n) is 3.86. The summed E-state index contributed by atoms with van der Waals surface area (Å²) in [6.07, 6.45) is 4.60. The zero-order valence-electron chi connectivity index (χ0n) is 6.35. The second-order valence-corrected chi connectivity index (χ2v) is 3.50. The average molecular weight is 128 g/mol. The maximum Gasteiger partial charge on any atom is 0.0619 e. The predicted octanol–water partition coefficient (Wildman–Crippen LogP) is 1.95. The van der Waals surface area contributed by atoms with Gasteiger partial charge in [0.1, 0.15) is 0 Å². The molecule has 0 aromatic carbocycles. The summed E-state index contributed by atoms with van der Waals surface area (Å²) in [5.41, 5.74) is -0.374. The first kappa shape index (κ1) is 7.07. The van der Waals surface area contributed by atoms with Crippen LogP contribution in [0.1, 0.15) is 39.5 Å². The minimum atomic E-state index is -0.374. The van der Waals surface area contributed by atoms with Gasteiger partial charge in [0.05, 0.1) is 5.60 Å². The van der Waals surface area contributed by atoms with Gasteiger partial charge in [0, 0.05) is 0 Å². The first-order valence-corrected chi connectivity index (χ1v) is 3.86. The molecule has 1 heteroatoms. The summed E-state index contributed by atoms with van der Waals surface area (Å²) < 4.78 is 0. The molecular formula is C8H16O. The molecule has 0 amide bonds. The van der Waals surface area contributed by atoms with Crippen LogP contribution in [0.25, 0.3) is 0 Å². The van der Waals surface area contributed by atoms with Gasteiger partial charge in [0.2, 0.25) is 0 Å². The minimum absolute atomic E-state index is 0.374. The molecule has 1 N–H and O–H groups in total. The fraction of sp³-hybridized carbons (Fsp3) is 1.00. The van der Waals surface area contributed by atoms with Crippen LogP contribution in [0.2, 0.25) is 0 Å². The fourth-order valence-corrected chi connectivity index (χ4v) is 1.09. The lowest BCUT2D eigenvalue weighted by atomic mass is 9.96. The zero-order chi connectivity index (χ0) is 6.91. The predicted molar refractivity (Wildman–Crippen MR) is 38.3 cm³/mol. The highest BCUT2D eigenvalue weighted by molar-refractivity contribution is 4.82. The first-order chi connectivity index (χ1) is 4.14. The highest BCUT2D eigenvalue weighted by Gasteiger charge is 2.29. The van der Waals surface area contributed by atoms with Crippen molar-refractivity contribution in [2.45, 2.75) is 45.1 Å². The Morgan fingerprint density at radius 2 is 2.11 bits per heavy atom. The fourth-order valence-electron chi connectivity index (χ4n) is 1.09. The molecule has 0 aromatic rings. The summed E-state index contributed by atoms with van der Waals surface area (Å²) in [5, 5.41) is 9.53. The van der Waals surface area contributed by atoms with Gasteiger partial charge in [-0.2, -0.15) is 0 Å². The van der Waals surface area contributed by atoms with E-state index in [4.69, 9.17) is 0 Å². The molecule has 0 aliphatic heterocycles. The lowest BCUT2D eigenvalue weighted by molar-refractivity contribution is 0.0413. The number of aliphatic hydroxyl groups is 1. The molecule has 1 saturated carbocycles. The van der Waals surface area contributed by atoms with Crippen molar-refractivity contribution in [3.05, 3.63) is 0 Å². The molecule has 0 radical (unpaired) electrons. The Morgan fingerprint density at radius 1 is 1.56 bits per heavy atom. The number of hydrogen-bond donors (Lipinski definition) is 1. The highest BCUT2D eigenvalue weighted by Crippen LogP contribution is 2.37. The Kier molecular flexibility index (Phi) is 1.80. The molecule has 1 atom stereocenters. The van der Waals surface area contributed by atoms with Crippen LogP contribution in [0.3, 0.4) is 0 Å². The van der Waals surface area contributed by atoms with Crippen molar-refractivity contribution >= 4 is 0 Å². The maximum absolute atomic E-state index is 9.53. The average Bonchev–Trinajstić information content (AvgIpc) is 2.50. The molecule has 9 heavy (non-hydrogen) atoms. The van der Waals surface area contributed by atoms with Gasteiger partial charge in [0.25, 0.3) is 0 Å². The van der Waals surface area contributed by atoms with E-state index in [1.807, 2.05) is 13.8 Å². The molecule has 0 bridgehead atoms. The van der Waals surface area contributed by atoms with Crippen LogP contribution in [-0.2, 0) is 0 Å². The Bertz CT molecular complexity index is 92.7. The smallest absolute Gasteiger partial charge is 0.0619 e. The molecule has 1 aliphatic carbocycles. The van der Waals surface area contributed by atoms with E-state index in [1.54, 1.807) is 0 Å². The van der Waals surface area contributed by atoms with Crippen LogP contribution in [0.4, 0.5) is 0 Å². The van der Waals surface area contributed by atoms with E-state index in [-0.39, 0.29) is 5.60 Å². The number of hydrogen-bond acceptors (Lipinski definition) is 1. The molecule has 1 rings (SSSR count). The molecular weight excluding hydrogens is 112 g/mol. The van der Waals surface area contributed by atoms with Gasteiger partial charge in [-0.05, 0) is 25.7 Å². The standard InChI is InChI=1S/C8H16O/c1-3-8(2,9)6-7-4-5-7/h7,9H,3-6H2,1-2H3/t8-/m1/s1. The molecule has 0 unspecified atom stereocenters. The molecule has 0 spiro atoms. The minimum Gasteiger partial charge on any atom is -0.390 e. The topological polar surface area (TPSA) is 20.2 Å². The van der Waals surface area contributed by atoms with E-state index in [9.17, 15) is 5.11 Å². The normalized spacial score (nSPS) is 25.7. The molecule has 54 valence electrons. The molecule has 0 aromatic heterocycles. The second-order valence-electron chi connectivity index (χ2n) is 3.50. The van der Waals surface area contributed by atoms with E-state index >= 15 is 0 Å². The zero-order valence-corrected chi connectivity index (χ0v) is 6.35. The summed E-state index contributed by atoms with van der Waals surface area (Å²) in [6, 6.07) is 0. The van der Waals surface area contributed by atoms with Gasteiger partial charge in [-0.25, -0.2) is 0 Å². The van der Waals surface area contributed by atoms with Crippen LogP contribution in [0.5, 0.6) is 0 Å². The summed E-state index contributed by atoms with van der Waals surface area (Å²) in [4.78, 5) is 0. The van der Waals surface area contributed by atoms with Crippen LogP contribution >= 0.6 is 0 Å². The quantitative estimate of drug-likeness (QED) is 0.616. The Hall–Kier alpha value is -0.0400. The Balaban J connectivity index is 2.21. The highest BCUT2D eigenvalue weighted by atomic mass is 16.3. The van der Waals surface area contributed by atoms with Crippen LogP contribution < -0.4 is 0 Å². The lowest BCUT2D eigenvalue weighted by Crippen LogP contribution is -2.22. The van der Waals surface area contributed by atoms with Crippen LogP contribution in [0.15, 0.2) is 0 Å². The van der Waals surface area contributed by atoms with E-state index in [0.717, 1.165) is 18.8 Å². The molecule has 1 aliphatic rings. The molecule has 0 saturated heterocycles. The Morgan fingerprint density at radius 3 is 2.44 bits per heavy atom. The SMILES string of the molecule is CC[C@@](C)(O)CC1CC1. The lowest BCUT2D eigenvalue weighted by Gasteiger charge is -2.20. The third-order valence-electron chi connectivity index (χ3n) is 2.19. The third-order valence-corrected chi connectivity index (χ3v) is 2.19. The summed E-state index contributed by atoms with van der Waals surface area (Å²) >= 11 is 0. The summed E-state index contributed by atoms with van der Waals surface area (Å²) in [5.74, 6) is 0.847. The molecule has 1 fully saturated rings. The summed E-state index contributed by atoms with van der Waals surface area (Å²) in [6.45, 7) is 3.98. The summed E-state index contributed by atoms with van der Waals surface area (Å²) in [7, 11) is 0. The molecule has 1 nitrogen and oxygen atoms in total. The van der Waals surface area contributed by atoms with Gasteiger partial charge < -0.3 is 5.11 Å². The van der Waals surface area contributed by atoms with Crippen molar-refractivity contribution < 1.29 is 5.11 Å². The van der Waals surface area contributed by atoms with E-state index in [2.05, 4.69) is 0 Å². The Labute approximate surface area is 57.1 Å². The van der Waals surface area contributed by atoms with Crippen LogP contribution in [-0.4, -0.2) is 10.7 Å². The van der Waals surface area contributed by atoms with Crippen molar-refractivity contribution in [1.29, 1.82) is 0 Å². The number of rotatable bonds is 3. The van der Waals surface area contributed by atoms with Crippen molar-refractivity contribution in [3.8, 4) is 0 Å². The van der Waals surface area contributed by atoms with Gasteiger partial charge in [-0.15, -0.1) is 0 Å². The second kappa shape index (κ2) is 2.30. The van der Waals surface area contributed by atoms with Gasteiger partial charge in [0.15, 0.2) is 0 Å². The van der Waals surface area contributed by atoms with E-state index < -0.39 is 0 Å². The van der Waals surface area contributed by atoms with E-state index in [1.165, 1.54) is 12.8 Å². The van der Waals surface area contributed by atoms with Crippen molar-refractivity contribution in [1.82, 2.24) is 0 Å². The maximum atomic E-state index is 9.53. The van der Waals surface area contributed by atoms with Gasteiger partial charge in [-0.3, -0.25) is 0 Å². The van der Waals surface area contributed by atoms with Crippen LogP contribution in [0, 0.1) is 5.92 Å². The largest absolute Gasteiger partial charge is 0.390 e. The monoisotopic (exact) mass is 128 g/mol. The van der Waals surface area contributed by atoms with E-state index in [0.29, 0.717) is 0 Å². The third kappa shape index (κ3) is 2.35. The van der Waals surface area contributed by atoms with Crippen molar-refractivity contribution in [2.75, 3.05) is 0 Å². The van der Waals surface area contributed by atoms with Gasteiger partial charge >= 0.3 is 0 Å².